The fourth-order valence-corrected chi connectivity index (χ4v) is 5.11. The van der Waals surface area contributed by atoms with E-state index in [9.17, 15) is 13.2 Å². The first-order valence-corrected chi connectivity index (χ1v) is 9.78. The minimum atomic E-state index is -3.81. The van der Waals surface area contributed by atoms with Crippen LogP contribution in [0.1, 0.15) is 12.7 Å². The molecule has 3 heterocycles. The Hall–Kier alpha value is -1.84. The number of thiophene rings is 1. The minimum Gasteiger partial charge on any atom is -0.465 e. The number of thioether (sulfide) groups is 1. The average Bonchev–Trinajstić information content (AvgIpc) is 3.23. The summed E-state index contributed by atoms with van der Waals surface area (Å²) in [4.78, 5) is 14.1. The zero-order valence-electron chi connectivity index (χ0n) is 12.0. The van der Waals surface area contributed by atoms with Gasteiger partial charge in [-0.15, -0.1) is 15.7 Å². The lowest BCUT2D eigenvalue weighted by Crippen LogP contribution is -2.29. The molecule has 0 radical (unpaired) electrons. The summed E-state index contributed by atoms with van der Waals surface area (Å²) in [6.45, 7) is 2.10. The van der Waals surface area contributed by atoms with Gasteiger partial charge >= 0.3 is 0 Å². The van der Waals surface area contributed by atoms with Gasteiger partial charge in [0, 0.05) is 12.6 Å². The van der Waals surface area contributed by atoms with Gasteiger partial charge in [-0.3, -0.25) is 9.69 Å². The van der Waals surface area contributed by atoms with Crippen LogP contribution in [0, 0.1) is 0 Å². The molecule has 0 spiro atoms. The van der Waals surface area contributed by atoms with Gasteiger partial charge in [0.15, 0.2) is 5.17 Å². The number of hydrogen-bond donors (Lipinski definition) is 0. The molecule has 0 aliphatic carbocycles. The van der Waals surface area contributed by atoms with Crippen LogP contribution in [0.3, 0.4) is 0 Å². The standard InChI is InChI=1S/C14H12N2O4S3/c1-2-16-13(17)11(9-10-5-3-7-20-10)22-14(16)15-23(18,19)12-6-4-8-21-12/h3-9H,2H2,1H3/b11-9-,15-14-. The largest absolute Gasteiger partial charge is 0.465 e. The van der Waals surface area contributed by atoms with Crippen molar-refractivity contribution in [2.45, 2.75) is 11.1 Å². The first-order chi connectivity index (χ1) is 11.0. The Morgan fingerprint density at radius 1 is 1.35 bits per heavy atom. The molecule has 0 unspecified atom stereocenters. The van der Waals surface area contributed by atoms with E-state index in [1.807, 2.05) is 0 Å². The van der Waals surface area contributed by atoms with Crippen LogP contribution in [0.25, 0.3) is 6.08 Å². The Bertz CT molecular complexity index is 865. The van der Waals surface area contributed by atoms with Gasteiger partial charge in [0.05, 0.1) is 11.2 Å². The fraction of sp³-hybridized carbons (Fsp3) is 0.143. The highest BCUT2D eigenvalue weighted by molar-refractivity contribution is 8.19. The molecule has 120 valence electrons. The summed E-state index contributed by atoms with van der Waals surface area (Å²) in [5.74, 6) is 0.244. The van der Waals surface area contributed by atoms with Crippen LogP contribution in [-0.2, 0) is 14.8 Å². The zero-order chi connectivity index (χ0) is 16.4. The van der Waals surface area contributed by atoms with Crippen LogP contribution in [0.5, 0.6) is 0 Å². The third kappa shape index (κ3) is 3.26. The number of sulfonamides is 1. The highest BCUT2D eigenvalue weighted by Crippen LogP contribution is 2.33. The molecule has 1 aliphatic heterocycles. The number of amides is 1. The van der Waals surface area contributed by atoms with Crippen LogP contribution in [0.15, 0.2) is 53.8 Å². The Labute approximate surface area is 141 Å². The van der Waals surface area contributed by atoms with Gasteiger partial charge in [0.1, 0.15) is 9.97 Å². The number of rotatable bonds is 4. The van der Waals surface area contributed by atoms with Crippen LogP contribution in [0.4, 0.5) is 0 Å². The number of nitrogens with zero attached hydrogens (tertiary/aromatic N) is 2. The summed E-state index contributed by atoms with van der Waals surface area (Å²) in [5.41, 5.74) is 0. The SMILES string of the molecule is CCN1C(=O)/C(=C/c2ccco2)S/C1=N\S(=O)(=O)c1cccs1. The molecule has 0 atom stereocenters. The van der Waals surface area contributed by atoms with Crippen LogP contribution in [-0.4, -0.2) is 30.9 Å². The molecule has 6 nitrogen and oxygen atoms in total. The van der Waals surface area contributed by atoms with Crippen LogP contribution >= 0.6 is 23.1 Å². The molecule has 9 heteroatoms. The number of carbonyl (C=O) groups is 1. The van der Waals surface area contributed by atoms with Gasteiger partial charge in [-0.1, -0.05) is 6.07 Å². The van der Waals surface area contributed by atoms with E-state index >= 15 is 0 Å². The van der Waals surface area contributed by atoms with Gasteiger partial charge in [0.25, 0.3) is 15.9 Å². The number of carbonyl (C=O) groups excluding carboxylic acids is 1. The second-order valence-electron chi connectivity index (χ2n) is 4.46. The maximum atomic E-state index is 12.4. The molecule has 0 N–H and O–H groups in total. The highest BCUT2D eigenvalue weighted by Gasteiger charge is 2.34. The number of amidine groups is 1. The van der Waals surface area contributed by atoms with Gasteiger partial charge in [-0.05, 0) is 42.3 Å². The lowest BCUT2D eigenvalue weighted by Gasteiger charge is -2.11. The van der Waals surface area contributed by atoms with E-state index in [0.717, 1.165) is 23.1 Å². The van der Waals surface area contributed by atoms with E-state index in [1.165, 1.54) is 17.2 Å². The van der Waals surface area contributed by atoms with Crippen molar-refractivity contribution >= 4 is 50.3 Å². The monoisotopic (exact) mass is 368 g/mol. The average molecular weight is 368 g/mol. The fourth-order valence-electron chi connectivity index (χ4n) is 1.92. The topological polar surface area (TPSA) is 80.0 Å². The van der Waals surface area contributed by atoms with Crippen molar-refractivity contribution in [2.75, 3.05) is 6.54 Å². The van der Waals surface area contributed by atoms with E-state index in [2.05, 4.69) is 4.40 Å². The van der Waals surface area contributed by atoms with E-state index in [0.29, 0.717) is 17.2 Å². The summed E-state index contributed by atoms with van der Waals surface area (Å²) >= 11 is 2.12. The Kier molecular flexibility index (Phi) is 4.42. The molecule has 1 amide bonds. The third-order valence-corrected chi connectivity index (χ3v) is 6.73. The highest BCUT2D eigenvalue weighted by atomic mass is 32.2. The first-order valence-electron chi connectivity index (χ1n) is 6.64. The molecule has 0 aromatic carbocycles. The molecule has 1 saturated heterocycles. The maximum absolute atomic E-state index is 12.4. The van der Waals surface area contributed by atoms with Crippen LogP contribution in [0.2, 0.25) is 0 Å². The minimum absolute atomic E-state index is 0.151. The van der Waals surface area contributed by atoms with Crippen LogP contribution < -0.4 is 0 Å². The summed E-state index contributed by atoms with van der Waals surface area (Å²) in [6, 6.07) is 6.56. The number of furan rings is 1. The Balaban J connectivity index is 1.97. The molecule has 1 aliphatic rings. The normalized spacial score (nSPS) is 19.2. The predicted octanol–water partition coefficient (Wildman–Crippen LogP) is 3.02. The molecule has 23 heavy (non-hydrogen) atoms. The van der Waals surface area contributed by atoms with E-state index < -0.39 is 10.0 Å². The Morgan fingerprint density at radius 2 is 2.17 bits per heavy atom. The quantitative estimate of drug-likeness (QED) is 0.775. The van der Waals surface area contributed by atoms with Crippen molar-refractivity contribution in [3.8, 4) is 0 Å². The van der Waals surface area contributed by atoms with Gasteiger partial charge in [-0.25, -0.2) is 0 Å². The third-order valence-electron chi connectivity index (χ3n) is 2.97. The molecule has 0 bridgehead atoms. The van der Waals surface area contributed by atoms with Crippen molar-refractivity contribution in [1.29, 1.82) is 0 Å². The lowest BCUT2D eigenvalue weighted by molar-refractivity contribution is -0.122. The summed E-state index contributed by atoms with van der Waals surface area (Å²) in [7, 11) is -3.81. The van der Waals surface area contributed by atoms with Crippen molar-refractivity contribution in [3.05, 3.63) is 46.6 Å². The predicted molar refractivity (Wildman–Crippen MR) is 90.6 cm³/mol. The molecule has 3 rings (SSSR count). The second kappa shape index (κ2) is 6.34. The van der Waals surface area contributed by atoms with Gasteiger partial charge < -0.3 is 4.42 Å². The van der Waals surface area contributed by atoms with E-state index in [1.54, 1.807) is 36.6 Å². The molecule has 0 saturated carbocycles. The molecular formula is C14H12N2O4S3. The van der Waals surface area contributed by atoms with Gasteiger partial charge in [0.2, 0.25) is 0 Å². The van der Waals surface area contributed by atoms with E-state index in [4.69, 9.17) is 4.42 Å². The summed E-state index contributed by atoms with van der Waals surface area (Å²) < 4.78 is 33.7. The van der Waals surface area contributed by atoms with Crippen molar-refractivity contribution in [1.82, 2.24) is 4.90 Å². The van der Waals surface area contributed by atoms with Crippen molar-refractivity contribution in [2.24, 2.45) is 4.40 Å². The number of likely N-dealkylation sites (N-methyl/N-ethyl adjacent to an activating group) is 1. The first kappa shape index (κ1) is 16.0. The van der Waals surface area contributed by atoms with Crippen molar-refractivity contribution < 1.29 is 17.6 Å². The lowest BCUT2D eigenvalue weighted by atomic mass is 10.3. The summed E-state index contributed by atoms with van der Waals surface area (Å²) in [5, 5.41) is 1.82. The Morgan fingerprint density at radius 3 is 2.78 bits per heavy atom. The zero-order valence-corrected chi connectivity index (χ0v) is 14.5. The van der Waals surface area contributed by atoms with E-state index in [-0.39, 0.29) is 15.3 Å². The molecule has 1 fully saturated rings. The smallest absolute Gasteiger partial charge is 0.294 e. The number of hydrogen-bond acceptors (Lipinski definition) is 6. The van der Waals surface area contributed by atoms with Gasteiger partial charge in [-0.2, -0.15) is 8.42 Å². The molecule has 2 aromatic heterocycles. The molecule has 2 aromatic rings. The molecular weight excluding hydrogens is 356 g/mol. The second-order valence-corrected chi connectivity index (χ2v) is 8.24. The maximum Gasteiger partial charge on any atom is 0.294 e. The van der Waals surface area contributed by atoms with Crippen molar-refractivity contribution in [3.63, 3.8) is 0 Å². The summed E-state index contributed by atoms with van der Waals surface area (Å²) in [6.07, 6.45) is 3.08.